The van der Waals surface area contributed by atoms with Crippen LogP contribution in [0.5, 0.6) is 11.5 Å². The van der Waals surface area contributed by atoms with Crippen LogP contribution in [0.3, 0.4) is 0 Å². The van der Waals surface area contributed by atoms with Crippen LogP contribution in [0.1, 0.15) is 33.1 Å². The van der Waals surface area contributed by atoms with Gasteiger partial charge in [-0.2, -0.15) is 0 Å². The predicted octanol–water partition coefficient (Wildman–Crippen LogP) is 2.88. The fourth-order valence-corrected chi connectivity index (χ4v) is 2.56. The van der Waals surface area contributed by atoms with E-state index in [0.717, 1.165) is 11.1 Å². The zero-order chi connectivity index (χ0) is 18.6. The van der Waals surface area contributed by atoms with E-state index in [4.69, 9.17) is 9.47 Å². The van der Waals surface area contributed by atoms with Gasteiger partial charge in [-0.25, -0.2) is 4.79 Å². The van der Waals surface area contributed by atoms with E-state index < -0.39 is 17.9 Å². The van der Waals surface area contributed by atoms with Crippen LogP contribution in [0.15, 0.2) is 36.4 Å². The number of carboxylic acid groups (broad SMARTS) is 1. The molecule has 0 saturated carbocycles. The van der Waals surface area contributed by atoms with Gasteiger partial charge in [-0.1, -0.05) is 18.2 Å². The highest BCUT2D eigenvalue weighted by Gasteiger charge is 2.26. The maximum Gasteiger partial charge on any atom is 0.330 e. The fourth-order valence-electron chi connectivity index (χ4n) is 2.56. The number of hydrogen-bond acceptors (Lipinski definition) is 4. The Balaban J connectivity index is 2.39. The number of nitrogens with one attached hydrogen (secondary N) is 1. The van der Waals surface area contributed by atoms with Crippen LogP contribution < -0.4 is 14.8 Å². The lowest BCUT2D eigenvalue weighted by molar-refractivity contribution is -0.139. The number of benzene rings is 2. The number of carbonyl (C=O) groups is 2. The Hall–Kier alpha value is -3.02. The van der Waals surface area contributed by atoms with E-state index in [-0.39, 0.29) is 5.56 Å². The Morgan fingerprint density at radius 1 is 1.08 bits per heavy atom. The Morgan fingerprint density at radius 3 is 2.40 bits per heavy atom. The van der Waals surface area contributed by atoms with Crippen molar-refractivity contribution in [3.05, 3.63) is 58.7 Å². The van der Waals surface area contributed by atoms with Crippen molar-refractivity contribution in [2.45, 2.75) is 19.9 Å². The van der Waals surface area contributed by atoms with Gasteiger partial charge in [-0.3, -0.25) is 4.79 Å². The number of carbonyl (C=O) groups excluding carboxylic acids is 1. The maximum atomic E-state index is 12.7. The molecule has 1 amide bonds. The van der Waals surface area contributed by atoms with Crippen LogP contribution in [-0.2, 0) is 4.79 Å². The number of rotatable bonds is 6. The van der Waals surface area contributed by atoms with Gasteiger partial charge in [0.25, 0.3) is 5.91 Å². The maximum absolute atomic E-state index is 12.7. The average Bonchev–Trinajstić information content (AvgIpc) is 2.61. The number of hydrogen-bond donors (Lipinski definition) is 2. The largest absolute Gasteiger partial charge is 0.497 e. The van der Waals surface area contributed by atoms with Crippen LogP contribution in [0.25, 0.3) is 0 Å². The third-order valence-corrected chi connectivity index (χ3v) is 4.13. The van der Waals surface area contributed by atoms with Crippen molar-refractivity contribution >= 4 is 11.9 Å². The van der Waals surface area contributed by atoms with Crippen molar-refractivity contribution in [2.75, 3.05) is 14.2 Å². The summed E-state index contributed by atoms with van der Waals surface area (Å²) in [5.41, 5.74) is 2.53. The second-order valence-electron chi connectivity index (χ2n) is 5.60. The molecule has 2 aromatic rings. The molecule has 1 unspecified atom stereocenters. The zero-order valence-electron chi connectivity index (χ0n) is 14.6. The van der Waals surface area contributed by atoms with E-state index in [9.17, 15) is 14.7 Å². The molecular weight excluding hydrogens is 322 g/mol. The summed E-state index contributed by atoms with van der Waals surface area (Å²) in [6.07, 6.45) is 0. The first-order valence-electron chi connectivity index (χ1n) is 7.70. The summed E-state index contributed by atoms with van der Waals surface area (Å²) in [6.45, 7) is 3.73. The number of ether oxygens (including phenoxy) is 2. The lowest BCUT2D eigenvalue weighted by atomic mass is 9.97. The van der Waals surface area contributed by atoms with E-state index in [2.05, 4.69) is 5.32 Å². The topological polar surface area (TPSA) is 84.9 Å². The van der Waals surface area contributed by atoms with Crippen molar-refractivity contribution in [1.29, 1.82) is 0 Å². The van der Waals surface area contributed by atoms with E-state index in [0.29, 0.717) is 17.1 Å². The van der Waals surface area contributed by atoms with Gasteiger partial charge >= 0.3 is 5.97 Å². The summed E-state index contributed by atoms with van der Waals surface area (Å²) >= 11 is 0. The molecule has 6 heteroatoms. The van der Waals surface area contributed by atoms with E-state index >= 15 is 0 Å². The van der Waals surface area contributed by atoms with Crippen LogP contribution in [0, 0.1) is 13.8 Å². The molecule has 0 spiro atoms. The first-order chi connectivity index (χ1) is 11.9. The zero-order valence-corrected chi connectivity index (χ0v) is 14.6. The van der Waals surface area contributed by atoms with Crippen LogP contribution in [-0.4, -0.2) is 31.2 Å². The van der Waals surface area contributed by atoms with Crippen molar-refractivity contribution in [3.8, 4) is 11.5 Å². The number of methoxy groups -OCH3 is 2. The third-order valence-electron chi connectivity index (χ3n) is 4.13. The predicted molar refractivity (Wildman–Crippen MR) is 93.3 cm³/mol. The Kier molecular flexibility index (Phi) is 5.64. The molecule has 6 nitrogen and oxygen atoms in total. The van der Waals surface area contributed by atoms with Gasteiger partial charge in [0, 0.05) is 0 Å². The molecule has 25 heavy (non-hydrogen) atoms. The minimum absolute atomic E-state index is 0.207. The molecule has 0 aliphatic rings. The first kappa shape index (κ1) is 18.3. The minimum Gasteiger partial charge on any atom is -0.497 e. The molecule has 0 saturated heterocycles. The monoisotopic (exact) mass is 343 g/mol. The molecule has 0 bridgehead atoms. The molecule has 0 aliphatic carbocycles. The Labute approximate surface area is 146 Å². The lowest BCUT2D eigenvalue weighted by Crippen LogP contribution is -2.34. The van der Waals surface area contributed by atoms with Gasteiger partial charge < -0.3 is 19.9 Å². The molecule has 0 fully saturated rings. The summed E-state index contributed by atoms with van der Waals surface area (Å²) in [5, 5.41) is 12.2. The quantitative estimate of drug-likeness (QED) is 0.842. The highest BCUT2D eigenvalue weighted by Crippen LogP contribution is 2.26. The Morgan fingerprint density at radius 2 is 1.80 bits per heavy atom. The average molecular weight is 343 g/mol. The van der Waals surface area contributed by atoms with Crippen LogP contribution in [0.2, 0.25) is 0 Å². The van der Waals surface area contributed by atoms with Crippen molar-refractivity contribution in [2.24, 2.45) is 0 Å². The SMILES string of the molecule is COc1ccc(OC)c(C(=O)NC(C(=O)O)c2cccc(C)c2C)c1. The van der Waals surface area contributed by atoms with E-state index in [1.165, 1.54) is 20.3 Å². The van der Waals surface area contributed by atoms with Gasteiger partial charge in [0.1, 0.15) is 11.5 Å². The van der Waals surface area contributed by atoms with Gasteiger partial charge in [-0.05, 0) is 48.7 Å². The van der Waals surface area contributed by atoms with Gasteiger partial charge in [-0.15, -0.1) is 0 Å². The summed E-state index contributed by atoms with van der Waals surface area (Å²) in [4.78, 5) is 24.4. The highest BCUT2D eigenvalue weighted by molar-refractivity contribution is 5.99. The summed E-state index contributed by atoms with van der Waals surface area (Å²) < 4.78 is 10.3. The number of amides is 1. The fraction of sp³-hybridized carbons (Fsp3) is 0.263. The molecule has 1 atom stereocenters. The molecule has 2 rings (SSSR count). The second-order valence-corrected chi connectivity index (χ2v) is 5.60. The summed E-state index contributed by atoms with van der Waals surface area (Å²) in [5.74, 6) is -0.874. The standard InChI is InChI=1S/C19H21NO5/c1-11-6-5-7-14(12(11)2)17(19(22)23)20-18(21)15-10-13(24-3)8-9-16(15)25-4/h5-10,17H,1-4H3,(H,20,21)(H,22,23). The smallest absolute Gasteiger partial charge is 0.330 e. The van der Waals surface area contributed by atoms with Crippen molar-refractivity contribution < 1.29 is 24.2 Å². The highest BCUT2D eigenvalue weighted by atomic mass is 16.5. The molecule has 0 radical (unpaired) electrons. The van der Waals surface area contributed by atoms with Crippen LogP contribution >= 0.6 is 0 Å². The normalized spacial score (nSPS) is 11.5. The van der Waals surface area contributed by atoms with Crippen molar-refractivity contribution in [1.82, 2.24) is 5.32 Å². The molecule has 0 heterocycles. The third kappa shape index (κ3) is 3.91. The molecule has 2 N–H and O–H groups in total. The second kappa shape index (κ2) is 7.70. The summed E-state index contributed by atoms with van der Waals surface area (Å²) in [7, 11) is 2.93. The van der Waals surface area contributed by atoms with E-state index in [1.807, 2.05) is 19.9 Å². The number of aryl methyl sites for hydroxylation is 1. The van der Waals surface area contributed by atoms with E-state index in [1.54, 1.807) is 24.3 Å². The summed E-state index contributed by atoms with van der Waals surface area (Å²) in [6, 6.07) is 8.97. The molecular formula is C19H21NO5. The molecule has 0 aliphatic heterocycles. The van der Waals surface area contributed by atoms with Crippen molar-refractivity contribution in [3.63, 3.8) is 0 Å². The van der Waals surface area contributed by atoms with Crippen LogP contribution in [0.4, 0.5) is 0 Å². The molecule has 0 aromatic heterocycles. The number of carboxylic acids is 1. The van der Waals surface area contributed by atoms with Gasteiger partial charge in [0.2, 0.25) is 0 Å². The minimum atomic E-state index is -1.16. The van der Waals surface area contributed by atoms with Gasteiger partial charge in [0.05, 0.1) is 19.8 Å². The molecule has 132 valence electrons. The number of aliphatic carboxylic acids is 1. The molecule has 2 aromatic carbocycles. The lowest BCUT2D eigenvalue weighted by Gasteiger charge is -2.19. The van der Waals surface area contributed by atoms with Gasteiger partial charge in [0.15, 0.2) is 6.04 Å². The first-order valence-corrected chi connectivity index (χ1v) is 7.70. The Bertz CT molecular complexity index is 800.